The van der Waals surface area contributed by atoms with Gasteiger partial charge in [0.05, 0.1) is 11.0 Å². The Balaban J connectivity index is 1.70. The van der Waals surface area contributed by atoms with Crippen LogP contribution in [-0.2, 0) is 20.0 Å². The smallest absolute Gasteiger partial charge is 0.341 e. The van der Waals surface area contributed by atoms with Crippen LogP contribution in [0.3, 0.4) is 0 Å². The van der Waals surface area contributed by atoms with E-state index in [1.165, 1.54) is 12.1 Å². The Bertz CT molecular complexity index is 792. The molecule has 1 N–H and O–H groups in total. The van der Waals surface area contributed by atoms with Crippen LogP contribution in [0.5, 0.6) is 0 Å². The normalized spacial score (nSPS) is 26.9. The predicted octanol–water partition coefficient (Wildman–Crippen LogP) is 3.55. The van der Waals surface area contributed by atoms with E-state index in [1.807, 2.05) is 0 Å². The van der Waals surface area contributed by atoms with Gasteiger partial charge in [0.2, 0.25) is 9.84 Å². The van der Waals surface area contributed by atoms with E-state index in [0.29, 0.717) is 18.5 Å². The van der Waals surface area contributed by atoms with Crippen LogP contribution in [0.1, 0.15) is 50.5 Å². The van der Waals surface area contributed by atoms with E-state index < -0.39 is 15.6 Å². The van der Waals surface area contributed by atoms with Gasteiger partial charge in [-0.25, -0.2) is 8.42 Å². The van der Waals surface area contributed by atoms with Gasteiger partial charge in [0.15, 0.2) is 0 Å². The van der Waals surface area contributed by atoms with Gasteiger partial charge in [-0.2, -0.15) is 14.0 Å². The fourth-order valence-corrected chi connectivity index (χ4v) is 5.08. The summed E-state index contributed by atoms with van der Waals surface area (Å²) in [5, 5.41) is 13.1. The molecule has 0 aromatic heterocycles. The second-order valence-corrected chi connectivity index (χ2v) is 9.69. The molecule has 1 saturated carbocycles. The van der Waals surface area contributed by atoms with Crippen molar-refractivity contribution < 1.29 is 21.9 Å². The molecule has 1 aliphatic carbocycles. The summed E-state index contributed by atoms with van der Waals surface area (Å²) in [4.78, 5) is -0.381. The first-order valence-corrected chi connectivity index (χ1v) is 11.3. The number of nitriles is 1. The zero-order valence-corrected chi connectivity index (χ0v) is 16.6. The van der Waals surface area contributed by atoms with Crippen molar-refractivity contribution in [2.24, 2.45) is 0 Å². The highest BCUT2D eigenvalue weighted by molar-refractivity contribution is 7.91. The van der Waals surface area contributed by atoms with Crippen LogP contribution in [-0.4, -0.2) is 39.5 Å². The maximum atomic E-state index is 12.7. The minimum Gasteiger partial charge on any atom is -0.381 e. The fraction of sp³-hybridized carbons (Fsp3) is 0.650. The maximum absolute atomic E-state index is 12.7. The molecule has 0 bridgehead atoms. The molecule has 8 heteroatoms. The van der Waals surface area contributed by atoms with Crippen LogP contribution in [0.25, 0.3) is 0 Å². The van der Waals surface area contributed by atoms with Crippen LogP contribution in [0.2, 0.25) is 0 Å². The van der Waals surface area contributed by atoms with Crippen LogP contribution < -0.4 is 5.32 Å². The fourth-order valence-electron chi connectivity index (χ4n) is 4.35. The monoisotopic (exact) mass is 412 g/mol. The molecular weight excluding hydrogens is 386 g/mol. The van der Waals surface area contributed by atoms with Gasteiger partial charge in [-0.05, 0) is 56.2 Å². The van der Waals surface area contributed by atoms with E-state index in [-0.39, 0.29) is 10.3 Å². The summed E-state index contributed by atoms with van der Waals surface area (Å²) in [6.45, 7) is 1.58. The molecule has 1 saturated heterocycles. The molecular formula is C20H26F2N2O3S. The summed E-state index contributed by atoms with van der Waals surface area (Å²) in [7, 11) is -4.60. The van der Waals surface area contributed by atoms with E-state index in [9.17, 15) is 22.5 Å². The standard InChI is InChI=1S/C20H26F2N2O3S/c21-19(22)28(25,26)18-3-1-15(2-4-18)20(11-12-23)9-5-16(6-10-20)24-17-7-13-27-14-8-17/h1-4,16-17,19,24H,5-11,13-14H2. The van der Waals surface area contributed by atoms with E-state index in [2.05, 4.69) is 11.4 Å². The SMILES string of the molecule is N#CCC1(c2ccc(S(=O)(=O)C(F)F)cc2)CCC(NC2CCOCC2)CC1. The van der Waals surface area contributed by atoms with Crippen molar-refractivity contribution in [3.8, 4) is 6.07 Å². The molecule has 0 unspecified atom stereocenters. The van der Waals surface area contributed by atoms with Crippen LogP contribution in [0, 0.1) is 11.3 Å². The molecule has 3 rings (SSSR count). The molecule has 28 heavy (non-hydrogen) atoms. The number of alkyl halides is 2. The second kappa shape index (κ2) is 8.85. The molecule has 2 aliphatic rings. The average molecular weight is 413 g/mol. The summed E-state index contributed by atoms with van der Waals surface area (Å²) in [6, 6.07) is 8.80. The zero-order chi connectivity index (χ0) is 20.2. The number of nitrogens with zero attached hydrogens (tertiary/aromatic N) is 1. The largest absolute Gasteiger partial charge is 0.381 e. The molecule has 0 radical (unpaired) electrons. The maximum Gasteiger partial charge on any atom is 0.341 e. The molecule has 0 spiro atoms. The molecule has 0 amide bonds. The molecule has 1 aromatic rings. The second-order valence-electron chi connectivity index (χ2n) is 7.77. The summed E-state index contributed by atoms with van der Waals surface area (Å²) in [5.41, 5.74) is 0.502. The third kappa shape index (κ3) is 4.53. The Morgan fingerprint density at radius 2 is 1.68 bits per heavy atom. The summed E-state index contributed by atoms with van der Waals surface area (Å²) in [5.74, 6) is -3.43. The Morgan fingerprint density at radius 1 is 1.11 bits per heavy atom. The number of nitrogens with one attached hydrogen (secondary N) is 1. The zero-order valence-electron chi connectivity index (χ0n) is 15.7. The predicted molar refractivity (Wildman–Crippen MR) is 101 cm³/mol. The Hall–Kier alpha value is -1.56. The summed E-state index contributed by atoms with van der Waals surface area (Å²) >= 11 is 0. The number of sulfone groups is 1. The molecule has 1 aromatic carbocycles. The van der Waals surface area contributed by atoms with Gasteiger partial charge in [-0.3, -0.25) is 0 Å². The Kier molecular flexibility index (Phi) is 6.69. The molecule has 1 aliphatic heterocycles. The highest BCUT2D eigenvalue weighted by atomic mass is 32.2. The van der Waals surface area contributed by atoms with E-state index in [1.54, 1.807) is 12.1 Å². The van der Waals surface area contributed by atoms with Gasteiger partial charge in [-0.15, -0.1) is 0 Å². The minimum absolute atomic E-state index is 0.331. The first kappa shape index (κ1) is 21.2. The van der Waals surface area contributed by atoms with E-state index >= 15 is 0 Å². The molecule has 1 heterocycles. The lowest BCUT2D eigenvalue weighted by Gasteiger charge is -2.41. The summed E-state index contributed by atoms with van der Waals surface area (Å²) in [6.07, 6.45) is 5.83. The van der Waals surface area contributed by atoms with Crippen LogP contribution >= 0.6 is 0 Å². The van der Waals surface area contributed by atoms with Crippen LogP contribution in [0.15, 0.2) is 29.2 Å². The van der Waals surface area contributed by atoms with Crippen molar-refractivity contribution in [2.45, 2.75) is 73.1 Å². The first-order chi connectivity index (χ1) is 13.4. The molecule has 5 nitrogen and oxygen atoms in total. The van der Waals surface area contributed by atoms with Gasteiger partial charge < -0.3 is 10.1 Å². The van der Waals surface area contributed by atoms with Crippen molar-refractivity contribution in [1.82, 2.24) is 5.32 Å². The lowest BCUT2D eigenvalue weighted by molar-refractivity contribution is 0.0715. The highest BCUT2D eigenvalue weighted by Gasteiger charge is 2.38. The van der Waals surface area contributed by atoms with Gasteiger partial charge in [0.25, 0.3) is 0 Å². The van der Waals surface area contributed by atoms with Gasteiger partial charge in [-0.1, -0.05) is 12.1 Å². The Morgan fingerprint density at radius 3 is 2.21 bits per heavy atom. The molecule has 2 fully saturated rings. The number of benzene rings is 1. The number of halogens is 2. The van der Waals surface area contributed by atoms with Crippen LogP contribution in [0.4, 0.5) is 8.78 Å². The van der Waals surface area contributed by atoms with Crippen molar-refractivity contribution in [3.05, 3.63) is 29.8 Å². The lowest BCUT2D eigenvalue weighted by atomic mass is 9.66. The minimum atomic E-state index is -4.60. The van der Waals surface area contributed by atoms with Gasteiger partial charge >= 0.3 is 5.76 Å². The van der Waals surface area contributed by atoms with Crippen molar-refractivity contribution in [3.63, 3.8) is 0 Å². The molecule has 0 atom stereocenters. The van der Waals surface area contributed by atoms with E-state index in [4.69, 9.17) is 4.74 Å². The Labute approximate surface area is 165 Å². The lowest BCUT2D eigenvalue weighted by Crippen LogP contribution is -2.45. The van der Waals surface area contributed by atoms with Gasteiger partial charge in [0, 0.05) is 37.1 Å². The third-order valence-corrected chi connectivity index (χ3v) is 7.48. The number of rotatable bonds is 6. The van der Waals surface area contributed by atoms with Crippen molar-refractivity contribution in [2.75, 3.05) is 13.2 Å². The highest BCUT2D eigenvalue weighted by Crippen LogP contribution is 2.42. The van der Waals surface area contributed by atoms with E-state index in [0.717, 1.165) is 57.3 Å². The average Bonchev–Trinajstić information content (AvgIpc) is 2.70. The number of hydrogen-bond donors (Lipinski definition) is 1. The van der Waals surface area contributed by atoms with Crippen molar-refractivity contribution in [1.29, 1.82) is 5.26 Å². The third-order valence-electron chi connectivity index (χ3n) is 6.08. The van der Waals surface area contributed by atoms with Gasteiger partial charge in [0.1, 0.15) is 0 Å². The topological polar surface area (TPSA) is 79.2 Å². The number of ether oxygens (including phenoxy) is 1. The summed E-state index contributed by atoms with van der Waals surface area (Å²) < 4.78 is 54.1. The number of hydrogen-bond acceptors (Lipinski definition) is 5. The quantitative estimate of drug-likeness (QED) is 0.773. The molecule has 154 valence electrons. The van der Waals surface area contributed by atoms with Crippen molar-refractivity contribution >= 4 is 9.84 Å². The first-order valence-electron chi connectivity index (χ1n) is 9.71.